The van der Waals surface area contributed by atoms with Crippen LogP contribution in [0.3, 0.4) is 0 Å². The van der Waals surface area contributed by atoms with Crippen molar-refractivity contribution in [1.29, 1.82) is 0 Å². The number of fused-ring (bicyclic) bond motifs is 1. The second kappa shape index (κ2) is 5.45. The molecule has 3 rings (SSSR count). The van der Waals surface area contributed by atoms with Crippen molar-refractivity contribution in [1.82, 2.24) is 10.3 Å². The molecular formula is C17H18N2O. The van der Waals surface area contributed by atoms with E-state index in [4.69, 9.17) is 0 Å². The first-order valence-electron chi connectivity index (χ1n) is 7.05. The van der Waals surface area contributed by atoms with Gasteiger partial charge in [-0.15, -0.1) is 0 Å². The van der Waals surface area contributed by atoms with E-state index < -0.39 is 0 Å². The molecule has 1 aromatic carbocycles. The summed E-state index contributed by atoms with van der Waals surface area (Å²) < 4.78 is 0. The van der Waals surface area contributed by atoms with Gasteiger partial charge in [0.15, 0.2) is 0 Å². The summed E-state index contributed by atoms with van der Waals surface area (Å²) in [5.74, 6) is -0.0424. The molecule has 1 aliphatic carbocycles. The smallest absolute Gasteiger partial charge is 0.253 e. The third-order valence-electron chi connectivity index (χ3n) is 3.85. The average molecular weight is 266 g/mol. The molecule has 1 unspecified atom stereocenters. The van der Waals surface area contributed by atoms with Crippen molar-refractivity contribution in [3.05, 3.63) is 65.0 Å². The van der Waals surface area contributed by atoms with Gasteiger partial charge in [-0.1, -0.05) is 24.3 Å². The summed E-state index contributed by atoms with van der Waals surface area (Å²) in [6, 6.07) is 12.2. The van der Waals surface area contributed by atoms with E-state index in [1.807, 2.05) is 25.1 Å². The number of benzene rings is 1. The van der Waals surface area contributed by atoms with Crippen LogP contribution in [0.25, 0.3) is 0 Å². The molecule has 20 heavy (non-hydrogen) atoms. The molecule has 2 aromatic rings. The number of carbonyl (C=O) groups is 1. The number of carbonyl (C=O) groups excluding carboxylic acids is 1. The van der Waals surface area contributed by atoms with Crippen molar-refractivity contribution >= 4 is 5.91 Å². The Hall–Kier alpha value is -2.16. The Kier molecular flexibility index (Phi) is 3.50. The van der Waals surface area contributed by atoms with Gasteiger partial charge in [0.1, 0.15) is 0 Å². The fourth-order valence-corrected chi connectivity index (χ4v) is 2.75. The molecule has 1 N–H and O–H groups in total. The van der Waals surface area contributed by atoms with Crippen LogP contribution in [-0.2, 0) is 6.42 Å². The highest BCUT2D eigenvalue weighted by Gasteiger charge is 2.21. The van der Waals surface area contributed by atoms with Crippen LogP contribution in [-0.4, -0.2) is 10.9 Å². The quantitative estimate of drug-likeness (QED) is 0.907. The van der Waals surface area contributed by atoms with E-state index in [-0.39, 0.29) is 11.9 Å². The average Bonchev–Trinajstić information content (AvgIpc) is 2.48. The van der Waals surface area contributed by atoms with Gasteiger partial charge in [-0.05, 0) is 49.4 Å². The SMILES string of the molecule is Cc1ccc(C(=O)NC2CCCc3ccccc32)cn1. The number of nitrogens with zero attached hydrogens (tertiary/aromatic N) is 1. The van der Waals surface area contributed by atoms with Gasteiger partial charge >= 0.3 is 0 Å². The molecule has 102 valence electrons. The van der Waals surface area contributed by atoms with E-state index in [9.17, 15) is 4.79 Å². The Morgan fingerprint density at radius 2 is 2.10 bits per heavy atom. The summed E-state index contributed by atoms with van der Waals surface area (Å²) in [5.41, 5.74) is 4.15. The maximum absolute atomic E-state index is 12.3. The zero-order valence-corrected chi connectivity index (χ0v) is 11.6. The minimum Gasteiger partial charge on any atom is -0.345 e. The van der Waals surface area contributed by atoms with Gasteiger partial charge < -0.3 is 5.32 Å². The minimum atomic E-state index is -0.0424. The number of nitrogens with one attached hydrogen (secondary N) is 1. The maximum atomic E-state index is 12.3. The molecular weight excluding hydrogens is 248 g/mol. The zero-order chi connectivity index (χ0) is 13.9. The van der Waals surface area contributed by atoms with Crippen LogP contribution in [0.1, 0.15) is 46.1 Å². The van der Waals surface area contributed by atoms with Gasteiger partial charge in [-0.25, -0.2) is 0 Å². The van der Waals surface area contributed by atoms with Gasteiger partial charge in [-0.2, -0.15) is 0 Å². The summed E-state index contributed by atoms with van der Waals surface area (Å²) in [7, 11) is 0. The molecule has 0 spiro atoms. The summed E-state index contributed by atoms with van der Waals surface area (Å²) >= 11 is 0. The lowest BCUT2D eigenvalue weighted by Crippen LogP contribution is -2.31. The van der Waals surface area contributed by atoms with Crippen molar-refractivity contribution in [2.24, 2.45) is 0 Å². The largest absolute Gasteiger partial charge is 0.345 e. The van der Waals surface area contributed by atoms with E-state index >= 15 is 0 Å². The molecule has 3 nitrogen and oxygen atoms in total. The van der Waals surface area contributed by atoms with Crippen LogP contribution in [0.15, 0.2) is 42.6 Å². The molecule has 0 saturated carbocycles. The number of rotatable bonds is 2. The maximum Gasteiger partial charge on any atom is 0.253 e. The lowest BCUT2D eigenvalue weighted by Gasteiger charge is -2.26. The van der Waals surface area contributed by atoms with Crippen molar-refractivity contribution in [2.45, 2.75) is 32.2 Å². The molecule has 0 aliphatic heterocycles. The molecule has 1 aromatic heterocycles. The molecule has 1 amide bonds. The molecule has 1 heterocycles. The number of aromatic nitrogens is 1. The normalized spacial score (nSPS) is 17.4. The predicted molar refractivity (Wildman–Crippen MR) is 78.6 cm³/mol. The van der Waals surface area contributed by atoms with Crippen molar-refractivity contribution in [3.63, 3.8) is 0 Å². The molecule has 1 atom stereocenters. The lowest BCUT2D eigenvalue weighted by atomic mass is 9.87. The summed E-state index contributed by atoms with van der Waals surface area (Å²) in [6.45, 7) is 1.92. The van der Waals surface area contributed by atoms with Gasteiger partial charge in [0.05, 0.1) is 11.6 Å². The molecule has 1 aliphatic rings. The van der Waals surface area contributed by atoms with E-state index in [0.717, 1.165) is 25.0 Å². The molecule has 3 heteroatoms. The minimum absolute atomic E-state index is 0.0424. The zero-order valence-electron chi connectivity index (χ0n) is 11.6. The van der Waals surface area contributed by atoms with Gasteiger partial charge in [0.2, 0.25) is 0 Å². The predicted octanol–water partition coefficient (Wildman–Crippen LogP) is 3.20. The van der Waals surface area contributed by atoms with Crippen LogP contribution in [0.4, 0.5) is 0 Å². The van der Waals surface area contributed by atoms with Crippen LogP contribution < -0.4 is 5.32 Å². The fraction of sp³-hybridized carbons (Fsp3) is 0.294. The number of aryl methyl sites for hydroxylation is 2. The van der Waals surface area contributed by atoms with Crippen LogP contribution in [0.2, 0.25) is 0 Å². The Morgan fingerprint density at radius 1 is 1.25 bits per heavy atom. The topological polar surface area (TPSA) is 42.0 Å². The number of hydrogen-bond donors (Lipinski definition) is 1. The highest BCUT2D eigenvalue weighted by atomic mass is 16.1. The second-order valence-corrected chi connectivity index (χ2v) is 5.31. The molecule has 0 bridgehead atoms. The van der Waals surface area contributed by atoms with Crippen molar-refractivity contribution < 1.29 is 4.79 Å². The van der Waals surface area contributed by atoms with Crippen molar-refractivity contribution in [3.8, 4) is 0 Å². The van der Waals surface area contributed by atoms with E-state index in [1.54, 1.807) is 6.20 Å². The Bertz CT molecular complexity index is 619. The summed E-state index contributed by atoms with van der Waals surface area (Å²) in [6.07, 6.45) is 4.87. The van der Waals surface area contributed by atoms with Crippen LogP contribution >= 0.6 is 0 Å². The Morgan fingerprint density at radius 3 is 2.90 bits per heavy atom. The van der Waals surface area contributed by atoms with Crippen LogP contribution in [0, 0.1) is 6.92 Å². The third-order valence-corrected chi connectivity index (χ3v) is 3.85. The second-order valence-electron chi connectivity index (χ2n) is 5.31. The standard InChI is InChI=1S/C17H18N2O/c1-12-9-10-14(11-18-12)17(20)19-16-8-4-6-13-5-2-3-7-15(13)16/h2-3,5,7,9-11,16H,4,6,8H2,1H3,(H,19,20). The Labute approximate surface area is 119 Å². The fourth-order valence-electron chi connectivity index (χ4n) is 2.75. The van der Waals surface area contributed by atoms with E-state index in [0.29, 0.717) is 5.56 Å². The highest BCUT2D eigenvalue weighted by molar-refractivity contribution is 5.94. The first-order chi connectivity index (χ1) is 9.74. The van der Waals surface area contributed by atoms with Crippen LogP contribution in [0.5, 0.6) is 0 Å². The summed E-state index contributed by atoms with van der Waals surface area (Å²) in [5, 5.41) is 3.13. The van der Waals surface area contributed by atoms with E-state index in [1.165, 1.54) is 11.1 Å². The number of amides is 1. The Balaban J connectivity index is 1.79. The highest BCUT2D eigenvalue weighted by Crippen LogP contribution is 2.29. The van der Waals surface area contributed by atoms with Gasteiger partial charge in [-0.3, -0.25) is 9.78 Å². The molecule has 0 radical (unpaired) electrons. The van der Waals surface area contributed by atoms with E-state index in [2.05, 4.69) is 28.5 Å². The van der Waals surface area contributed by atoms with Gasteiger partial charge in [0, 0.05) is 11.9 Å². The monoisotopic (exact) mass is 266 g/mol. The first-order valence-corrected chi connectivity index (χ1v) is 7.05. The molecule has 0 fully saturated rings. The van der Waals surface area contributed by atoms with Gasteiger partial charge in [0.25, 0.3) is 5.91 Å². The molecule has 0 saturated heterocycles. The summed E-state index contributed by atoms with van der Waals surface area (Å²) in [4.78, 5) is 16.5. The number of pyridine rings is 1. The third kappa shape index (κ3) is 2.57. The lowest BCUT2D eigenvalue weighted by molar-refractivity contribution is 0.0932. The van der Waals surface area contributed by atoms with Crippen molar-refractivity contribution in [2.75, 3.05) is 0 Å². The number of hydrogen-bond acceptors (Lipinski definition) is 2. The first kappa shape index (κ1) is 12.9.